The van der Waals surface area contributed by atoms with E-state index >= 15 is 0 Å². The molecule has 1 aliphatic carbocycles. The first-order valence-electron chi connectivity index (χ1n) is 6.17. The van der Waals surface area contributed by atoms with Crippen LogP contribution in [0.3, 0.4) is 0 Å². The summed E-state index contributed by atoms with van der Waals surface area (Å²) in [6.07, 6.45) is -3.75. The van der Waals surface area contributed by atoms with E-state index in [2.05, 4.69) is 0 Å². The average Bonchev–Trinajstić information content (AvgIpc) is 3.18. The number of hydrogen-bond acceptors (Lipinski definition) is 4. The Balaban J connectivity index is 2.44. The van der Waals surface area contributed by atoms with E-state index in [-0.39, 0.29) is 16.3 Å². The molecule has 0 saturated heterocycles. The van der Waals surface area contributed by atoms with Crippen molar-refractivity contribution in [3.8, 4) is 5.75 Å². The second-order valence-electron chi connectivity index (χ2n) is 4.81. The lowest BCUT2D eigenvalue weighted by Gasteiger charge is -2.24. The smallest absolute Gasteiger partial charge is 0.402 e. The number of anilines is 1. The summed E-state index contributed by atoms with van der Waals surface area (Å²) in [5.74, 6) is -0.0668. The number of nitrogen functional groups attached to an aromatic ring is 1. The normalized spacial score (nSPS) is 16.2. The van der Waals surface area contributed by atoms with Crippen molar-refractivity contribution in [2.24, 2.45) is 0 Å². The highest BCUT2D eigenvalue weighted by atomic mass is 32.2. The maximum atomic E-state index is 12.6. The highest BCUT2D eigenvalue weighted by molar-refractivity contribution is 7.89. The summed E-state index contributed by atoms with van der Waals surface area (Å²) in [6, 6.07) is 3.13. The summed E-state index contributed by atoms with van der Waals surface area (Å²) in [5, 5.41) is 0. The van der Waals surface area contributed by atoms with Crippen molar-refractivity contribution >= 4 is 15.7 Å². The fourth-order valence-electron chi connectivity index (χ4n) is 1.97. The minimum absolute atomic E-state index is 0.0668. The molecule has 21 heavy (non-hydrogen) atoms. The number of sulfonamides is 1. The quantitative estimate of drug-likeness (QED) is 0.841. The number of halogens is 3. The van der Waals surface area contributed by atoms with Gasteiger partial charge >= 0.3 is 6.18 Å². The van der Waals surface area contributed by atoms with Gasteiger partial charge in [0.15, 0.2) is 0 Å². The van der Waals surface area contributed by atoms with Gasteiger partial charge in [0.2, 0.25) is 10.0 Å². The van der Waals surface area contributed by atoms with Gasteiger partial charge in [-0.25, -0.2) is 8.42 Å². The molecule has 0 unspecified atom stereocenters. The topological polar surface area (TPSA) is 72.6 Å². The zero-order valence-corrected chi connectivity index (χ0v) is 12.0. The molecule has 0 amide bonds. The Bertz CT molecular complexity index is 627. The van der Waals surface area contributed by atoms with Crippen molar-refractivity contribution in [1.29, 1.82) is 0 Å². The Labute approximate surface area is 120 Å². The standard InChI is InChI=1S/C12H15F3N2O3S/c1-20-10-6-8(16)2-5-11(10)21(18,19)17(9-3-4-9)7-12(13,14)15/h2,5-6,9H,3-4,7,16H2,1H3. The fraction of sp³-hybridized carbons (Fsp3) is 0.500. The van der Waals surface area contributed by atoms with Gasteiger partial charge in [-0.3, -0.25) is 0 Å². The van der Waals surface area contributed by atoms with Crippen molar-refractivity contribution < 1.29 is 26.3 Å². The highest BCUT2D eigenvalue weighted by Gasteiger charge is 2.45. The third kappa shape index (κ3) is 3.59. The number of nitrogens with zero attached hydrogens (tertiary/aromatic N) is 1. The van der Waals surface area contributed by atoms with Crippen LogP contribution in [-0.4, -0.2) is 38.6 Å². The van der Waals surface area contributed by atoms with E-state index in [4.69, 9.17) is 10.5 Å². The van der Waals surface area contributed by atoms with Crippen LogP contribution in [0, 0.1) is 0 Å². The second-order valence-corrected chi connectivity index (χ2v) is 6.67. The molecule has 1 aliphatic rings. The number of benzene rings is 1. The first-order valence-corrected chi connectivity index (χ1v) is 7.61. The molecule has 1 aromatic carbocycles. The zero-order chi connectivity index (χ0) is 15.8. The SMILES string of the molecule is COc1cc(N)ccc1S(=O)(=O)N(CC(F)(F)F)C1CC1. The van der Waals surface area contributed by atoms with Crippen LogP contribution in [0.15, 0.2) is 23.1 Å². The fourth-order valence-corrected chi connectivity index (χ4v) is 3.78. The predicted octanol–water partition coefficient (Wildman–Crippen LogP) is 1.99. The van der Waals surface area contributed by atoms with Gasteiger partial charge in [-0.05, 0) is 25.0 Å². The molecule has 1 fully saturated rings. The van der Waals surface area contributed by atoms with Crippen LogP contribution in [0.2, 0.25) is 0 Å². The first-order chi connectivity index (χ1) is 9.65. The van der Waals surface area contributed by atoms with Crippen LogP contribution in [0.4, 0.5) is 18.9 Å². The summed E-state index contributed by atoms with van der Waals surface area (Å²) >= 11 is 0. The Morgan fingerprint density at radius 1 is 1.38 bits per heavy atom. The molecule has 2 rings (SSSR count). The molecule has 0 bridgehead atoms. The molecule has 9 heteroatoms. The number of alkyl halides is 3. The van der Waals surface area contributed by atoms with E-state index in [9.17, 15) is 21.6 Å². The van der Waals surface area contributed by atoms with E-state index in [1.54, 1.807) is 0 Å². The van der Waals surface area contributed by atoms with Gasteiger partial charge in [0.05, 0.1) is 7.11 Å². The van der Waals surface area contributed by atoms with Gasteiger partial charge < -0.3 is 10.5 Å². The summed E-state index contributed by atoms with van der Waals surface area (Å²) < 4.78 is 68.3. The number of methoxy groups -OCH3 is 1. The molecule has 1 saturated carbocycles. The van der Waals surface area contributed by atoms with Crippen LogP contribution in [0.1, 0.15) is 12.8 Å². The van der Waals surface area contributed by atoms with Crippen LogP contribution in [0.25, 0.3) is 0 Å². The summed E-state index contributed by atoms with van der Waals surface area (Å²) in [4.78, 5) is -0.310. The van der Waals surface area contributed by atoms with Crippen LogP contribution in [-0.2, 0) is 10.0 Å². The Kier molecular flexibility index (Phi) is 4.07. The molecule has 0 aromatic heterocycles. The largest absolute Gasteiger partial charge is 0.495 e. The summed E-state index contributed by atoms with van der Waals surface area (Å²) in [5.41, 5.74) is 5.79. The zero-order valence-electron chi connectivity index (χ0n) is 11.2. The lowest BCUT2D eigenvalue weighted by atomic mass is 10.3. The second kappa shape index (κ2) is 5.38. The molecule has 0 atom stereocenters. The maximum Gasteiger partial charge on any atom is 0.402 e. The lowest BCUT2D eigenvalue weighted by Crippen LogP contribution is -2.40. The van der Waals surface area contributed by atoms with Gasteiger partial charge in [0, 0.05) is 17.8 Å². The van der Waals surface area contributed by atoms with Crippen molar-refractivity contribution in [2.75, 3.05) is 19.4 Å². The predicted molar refractivity (Wildman–Crippen MR) is 70.4 cm³/mol. The molecule has 0 heterocycles. The van der Waals surface area contributed by atoms with Crippen molar-refractivity contribution in [1.82, 2.24) is 4.31 Å². The molecule has 0 aliphatic heterocycles. The van der Waals surface area contributed by atoms with E-state index < -0.39 is 28.8 Å². The molecular weight excluding hydrogens is 309 g/mol. The van der Waals surface area contributed by atoms with Gasteiger partial charge in [0.25, 0.3) is 0 Å². The van der Waals surface area contributed by atoms with Crippen LogP contribution >= 0.6 is 0 Å². The van der Waals surface area contributed by atoms with E-state index in [1.807, 2.05) is 0 Å². The lowest BCUT2D eigenvalue weighted by molar-refractivity contribution is -0.137. The van der Waals surface area contributed by atoms with Gasteiger partial charge in [-0.15, -0.1) is 0 Å². The van der Waals surface area contributed by atoms with Gasteiger partial charge in [-0.2, -0.15) is 17.5 Å². The number of ether oxygens (including phenoxy) is 1. The molecule has 118 valence electrons. The van der Waals surface area contributed by atoms with Crippen molar-refractivity contribution in [3.05, 3.63) is 18.2 Å². The van der Waals surface area contributed by atoms with E-state index in [1.165, 1.54) is 19.2 Å². The van der Waals surface area contributed by atoms with Gasteiger partial charge in [0.1, 0.15) is 17.2 Å². The number of nitrogens with two attached hydrogens (primary N) is 1. The minimum atomic E-state index is -4.60. The van der Waals surface area contributed by atoms with Crippen molar-refractivity contribution in [2.45, 2.75) is 30.0 Å². The third-order valence-corrected chi connectivity index (χ3v) is 5.00. The molecule has 1 aromatic rings. The minimum Gasteiger partial charge on any atom is -0.495 e. The Hall–Kier alpha value is -1.48. The number of hydrogen-bond donors (Lipinski definition) is 1. The third-order valence-electron chi connectivity index (χ3n) is 3.06. The molecule has 2 N–H and O–H groups in total. The Morgan fingerprint density at radius 3 is 2.48 bits per heavy atom. The molecule has 0 spiro atoms. The average molecular weight is 324 g/mol. The van der Waals surface area contributed by atoms with Crippen LogP contribution < -0.4 is 10.5 Å². The monoisotopic (exact) mass is 324 g/mol. The molecule has 0 radical (unpaired) electrons. The molecule has 5 nitrogen and oxygen atoms in total. The summed E-state index contributed by atoms with van der Waals surface area (Å²) in [7, 11) is -3.06. The van der Waals surface area contributed by atoms with E-state index in [0.29, 0.717) is 17.1 Å². The highest BCUT2D eigenvalue weighted by Crippen LogP contribution is 2.37. The molecular formula is C12H15F3N2O3S. The first kappa shape index (κ1) is 15.9. The van der Waals surface area contributed by atoms with Gasteiger partial charge in [-0.1, -0.05) is 0 Å². The maximum absolute atomic E-state index is 12.6. The Morgan fingerprint density at radius 2 is 2.00 bits per heavy atom. The number of rotatable bonds is 5. The summed E-state index contributed by atoms with van der Waals surface area (Å²) in [6.45, 7) is -1.51. The van der Waals surface area contributed by atoms with Crippen LogP contribution in [0.5, 0.6) is 5.75 Å². The van der Waals surface area contributed by atoms with Crippen molar-refractivity contribution in [3.63, 3.8) is 0 Å². The van der Waals surface area contributed by atoms with E-state index in [0.717, 1.165) is 6.07 Å².